The van der Waals surface area contributed by atoms with Crippen LogP contribution in [0.25, 0.3) is 6.08 Å². The minimum atomic E-state index is -0.827. The molecule has 0 radical (unpaired) electrons. The van der Waals surface area contributed by atoms with Gasteiger partial charge < -0.3 is 10.2 Å². The van der Waals surface area contributed by atoms with Crippen LogP contribution in [-0.2, 0) is 9.59 Å². The molecule has 1 aromatic rings. The summed E-state index contributed by atoms with van der Waals surface area (Å²) in [7, 11) is 0. The third-order valence-electron chi connectivity index (χ3n) is 3.12. The number of amides is 2. The molecule has 10 heteroatoms. The summed E-state index contributed by atoms with van der Waals surface area (Å²) in [5.74, 6) is -2.91. The molecule has 1 heterocycles. The summed E-state index contributed by atoms with van der Waals surface area (Å²) >= 11 is 4.89. The first-order valence-electron chi connectivity index (χ1n) is 6.46. The van der Waals surface area contributed by atoms with E-state index in [1.807, 2.05) is 0 Å². The zero-order chi connectivity index (χ0) is 18.0. The van der Waals surface area contributed by atoms with Crippen LogP contribution in [0.15, 0.2) is 30.4 Å². The van der Waals surface area contributed by atoms with Crippen LogP contribution in [0.1, 0.15) is 5.56 Å². The van der Waals surface area contributed by atoms with Crippen molar-refractivity contribution in [3.63, 3.8) is 0 Å². The number of aromatic hydroxyl groups is 2. The van der Waals surface area contributed by atoms with E-state index in [2.05, 4.69) is 11.9 Å². The molecule has 2 amide bonds. The molecule has 0 aromatic heterocycles. The number of nitro groups is 1. The lowest BCUT2D eigenvalue weighted by Gasteiger charge is -2.27. The van der Waals surface area contributed by atoms with Crippen molar-refractivity contribution in [3.05, 3.63) is 46.0 Å². The quantitative estimate of drug-likeness (QED) is 0.139. The molecule has 0 spiro atoms. The number of phenolic OH excluding ortho intramolecular Hbond substituents is 2. The van der Waals surface area contributed by atoms with Gasteiger partial charge in [0.15, 0.2) is 16.6 Å². The molecule has 0 bridgehead atoms. The number of carbonyl (C=O) groups is 2. The molecule has 3 N–H and O–H groups in total. The third kappa shape index (κ3) is 3.08. The van der Waals surface area contributed by atoms with Gasteiger partial charge in [-0.25, -0.2) is 0 Å². The van der Waals surface area contributed by atoms with E-state index in [4.69, 9.17) is 12.2 Å². The first kappa shape index (κ1) is 17.1. The predicted molar refractivity (Wildman–Crippen MR) is 87.1 cm³/mol. The van der Waals surface area contributed by atoms with Gasteiger partial charge in [0, 0.05) is 6.54 Å². The van der Waals surface area contributed by atoms with E-state index in [0.29, 0.717) is 0 Å². The second-order valence-electron chi connectivity index (χ2n) is 4.68. The molecule has 0 atom stereocenters. The van der Waals surface area contributed by atoms with Crippen LogP contribution < -0.4 is 5.32 Å². The Morgan fingerprint density at radius 2 is 1.96 bits per heavy atom. The maximum absolute atomic E-state index is 12.4. The van der Waals surface area contributed by atoms with E-state index in [1.165, 1.54) is 6.08 Å². The summed E-state index contributed by atoms with van der Waals surface area (Å²) in [6.45, 7) is 3.51. The molecule has 124 valence electrons. The van der Waals surface area contributed by atoms with E-state index >= 15 is 0 Å². The van der Waals surface area contributed by atoms with Crippen molar-refractivity contribution < 1.29 is 24.7 Å². The lowest BCUT2D eigenvalue weighted by Crippen LogP contribution is -2.53. The Bertz CT molecular complexity index is 817. The number of hydrogen-bond donors (Lipinski definition) is 3. The number of nitro benzene ring substituents is 1. The molecule has 0 unspecified atom stereocenters. The molecule has 1 fully saturated rings. The monoisotopic (exact) mass is 349 g/mol. The highest BCUT2D eigenvalue weighted by Crippen LogP contribution is 2.34. The highest BCUT2D eigenvalue weighted by molar-refractivity contribution is 7.80. The predicted octanol–water partition coefficient (Wildman–Crippen LogP) is 0.819. The van der Waals surface area contributed by atoms with Gasteiger partial charge in [-0.15, -0.1) is 6.58 Å². The van der Waals surface area contributed by atoms with Gasteiger partial charge >= 0.3 is 0 Å². The van der Waals surface area contributed by atoms with Gasteiger partial charge in [0.1, 0.15) is 5.57 Å². The number of benzene rings is 1. The summed E-state index contributed by atoms with van der Waals surface area (Å²) in [4.78, 5) is 35.6. The Labute approximate surface area is 140 Å². The van der Waals surface area contributed by atoms with Crippen LogP contribution in [0.4, 0.5) is 5.69 Å². The van der Waals surface area contributed by atoms with Gasteiger partial charge in [-0.1, -0.05) is 6.08 Å². The molecule has 0 saturated carbocycles. The molecule has 2 rings (SSSR count). The van der Waals surface area contributed by atoms with Crippen LogP contribution in [0, 0.1) is 10.1 Å². The minimum Gasteiger partial charge on any atom is -0.504 e. The van der Waals surface area contributed by atoms with Crippen LogP contribution in [0.3, 0.4) is 0 Å². The highest BCUT2D eigenvalue weighted by Gasteiger charge is 2.33. The van der Waals surface area contributed by atoms with Crippen LogP contribution >= 0.6 is 12.2 Å². The van der Waals surface area contributed by atoms with E-state index in [9.17, 15) is 29.9 Å². The Hall–Kier alpha value is -3.27. The number of hydrogen-bond acceptors (Lipinski definition) is 7. The average molecular weight is 349 g/mol. The topological polar surface area (TPSA) is 133 Å². The van der Waals surface area contributed by atoms with Crippen LogP contribution in [0.2, 0.25) is 0 Å². The zero-order valence-electron chi connectivity index (χ0n) is 12.1. The minimum absolute atomic E-state index is 0.0399. The molecular weight excluding hydrogens is 338 g/mol. The molecule has 24 heavy (non-hydrogen) atoms. The van der Waals surface area contributed by atoms with Crippen molar-refractivity contribution in [1.82, 2.24) is 10.2 Å². The first-order chi connectivity index (χ1) is 11.3. The van der Waals surface area contributed by atoms with Crippen molar-refractivity contribution in [1.29, 1.82) is 0 Å². The number of nitrogens with one attached hydrogen (secondary N) is 1. The van der Waals surface area contributed by atoms with Gasteiger partial charge in [-0.05, 0) is 24.4 Å². The number of nitrogens with zero attached hydrogens (tertiary/aromatic N) is 2. The molecule has 0 aliphatic carbocycles. The van der Waals surface area contributed by atoms with Crippen molar-refractivity contribution in [3.8, 4) is 11.5 Å². The fourth-order valence-electron chi connectivity index (χ4n) is 2.00. The molecule has 1 aliphatic rings. The maximum Gasteiger partial charge on any atom is 0.280 e. The average Bonchev–Trinajstić information content (AvgIpc) is 2.50. The Morgan fingerprint density at radius 3 is 2.54 bits per heavy atom. The number of rotatable bonds is 4. The Balaban J connectivity index is 2.57. The van der Waals surface area contributed by atoms with Gasteiger partial charge in [0.2, 0.25) is 0 Å². The normalized spacial score (nSPS) is 16.2. The van der Waals surface area contributed by atoms with Gasteiger partial charge in [0.05, 0.1) is 16.6 Å². The number of carbonyl (C=O) groups excluding carboxylic acids is 2. The molecular formula is C14H11N3O6S. The second-order valence-corrected chi connectivity index (χ2v) is 5.07. The summed E-state index contributed by atoms with van der Waals surface area (Å²) in [6.07, 6.45) is 2.35. The van der Waals surface area contributed by atoms with Crippen LogP contribution in [-0.4, -0.2) is 43.5 Å². The fraction of sp³-hybridized carbons (Fsp3) is 0.0714. The number of thiocarbonyl (C=S) groups is 1. The standard InChI is InChI=1S/C14H11N3O6S/c1-2-3-16-13(21)8(12(20)15-14(16)24)4-7-5-10(18)11(19)6-9(7)17(22)23/h2,4-6,18-19H,1,3H2,(H,15,20,24)/b8-4+. The zero-order valence-corrected chi connectivity index (χ0v) is 12.9. The summed E-state index contributed by atoms with van der Waals surface area (Å²) in [5.41, 5.74) is -1.21. The largest absolute Gasteiger partial charge is 0.504 e. The summed E-state index contributed by atoms with van der Waals surface area (Å²) < 4.78 is 0. The van der Waals surface area contributed by atoms with Crippen molar-refractivity contribution >= 4 is 40.9 Å². The van der Waals surface area contributed by atoms with Crippen molar-refractivity contribution in [2.24, 2.45) is 0 Å². The highest BCUT2D eigenvalue weighted by atomic mass is 32.1. The smallest absolute Gasteiger partial charge is 0.280 e. The molecule has 1 aromatic carbocycles. The second kappa shape index (κ2) is 6.46. The lowest BCUT2D eigenvalue weighted by atomic mass is 10.1. The van der Waals surface area contributed by atoms with Gasteiger partial charge in [-0.3, -0.25) is 29.9 Å². The Kier molecular flexibility index (Phi) is 4.60. The molecule has 1 saturated heterocycles. The van der Waals surface area contributed by atoms with E-state index < -0.39 is 39.5 Å². The number of phenols is 2. The first-order valence-corrected chi connectivity index (χ1v) is 6.87. The van der Waals surface area contributed by atoms with Crippen molar-refractivity contribution in [2.75, 3.05) is 6.54 Å². The van der Waals surface area contributed by atoms with Gasteiger partial charge in [-0.2, -0.15) is 0 Å². The fourth-order valence-corrected chi connectivity index (χ4v) is 2.25. The third-order valence-corrected chi connectivity index (χ3v) is 3.44. The summed E-state index contributed by atoms with van der Waals surface area (Å²) in [5, 5.41) is 32.1. The maximum atomic E-state index is 12.4. The lowest BCUT2D eigenvalue weighted by molar-refractivity contribution is -0.385. The molecule has 9 nitrogen and oxygen atoms in total. The van der Waals surface area contributed by atoms with Crippen molar-refractivity contribution in [2.45, 2.75) is 0 Å². The van der Waals surface area contributed by atoms with E-state index in [-0.39, 0.29) is 17.2 Å². The van der Waals surface area contributed by atoms with E-state index in [1.54, 1.807) is 0 Å². The SMILES string of the molecule is C=CCN1C(=O)/C(=C/c2cc(O)c(O)cc2[N+](=O)[O-])C(=O)NC1=S. The van der Waals surface area contributed by atoms with E-state index in [0.717, 1.165) is 23.1 Å². The summed E-state index contributed by atoms with van der Waals surface area (Å²) in [6, 6.07) is 1.60. The van der Waals surface area contributed by atoms with Crippen LogP contribution in [0.5, 0.6) is 11.5 Å². The Morgan fingerprint density at radius 1 is 1.33 bits per heavy atom. The molecule has 1 aliphatic heterocycles. The van der Waals surface area contributed by atoms with Gasteiger partial charge in [0.25, 0.3) is 17.5 Å².